The number of aromatic nitrogens is 1. The number of carboxylic acids is 1. The van der Waals surface area contributed by atoms with E-state index in [0.29, 0.717) is 63.9 Å². The summed E-state index contributed by atoms with van der Waals surface area (Å²) in [5, 5.41) is 13.0. The van der Waals surface area contributed by atoms with Crippen molar-refractivity contribution >= 4 is 46.0 Å². The molecular formula is C36H44ClFN4O7. The zero-order valence-electron chi connectivity index (χ0n) is 28.1. The predicted octanol–water partition coefficient (Wildman–Crippen LogP) is 4.74. The Hall–Kier alpha value is -3.55. The molecule has 264 valence electrons. The first-order valence-corrected chi connectivity index (χ1v) is 17.2. The van der Waals surface area contributed by atoms with E-state index in [-0.39, 0.29) is 64.9 Å². The van der Waals surface area contributed by atoms with E-state index in [2.05, 4.69) is 10.2 Å². The molecule has 2 aliphatic heterocycles. The van der Waals surface area contributed by atoms with Crippen LogP contribution in [0.3, 0.4) is 0 Å². The zero-order chi connectivity index (χ0) is 34.8. The Morgan fingerprint density at radius 3 is 2.39 bits per heavy atom. The van der Waals surface area contributed by atoms with Crippen molar-refractivity contribution in [3.8, 4) is 0 Å². The lowest BCUT2D eigenvalue weighted by atomic mass is 9.87. The van der Waals surface area contributed by atoms with Gasteiger partial charge in [-0.3, -0.25) is 19.3 Å². The van der Waals surface area contributed by atoms with Gasteiger partial charge in [0, 0.05) is 64.0 Å². The zero-order valence-corrected chi connectivity index (χ0v) is 28.8. The number of carbonyl (C=O) groups is 3. The van der Waals surface area contributed by atoms with Crippen LogP contribution < -0.4 is 5.32 Å². The Morgan fingerprint density at radius 1 is 1.02 bits per heavy atom. The molecule has 1 aromatic heterocycles. The largest absolute Gasteiger partial charge is 0.481 e. The lowest BCUT2D eigenvalue weighted by molar-refractivity contribution is -0.144. The Balaban J connectivity index is 1.14. The maximum atomic E-state index is 15.6. The minimum atomic E-state index is -0.768. The number of rotatable bonds is 11. The van der Waals surface area contributed by atoms with Crippen LogP contribution in [0.15, 0.2) is 42.6 Å². The lowest BCUT2D eigenvalue weighted by Gasteiger charge is -2.30. The molecule has 0 unspecified atom stereocenters. The van der Waals surface area contributed by atoms with Crippen LogP contribution in [0.1, 0.15) is 48.0 Å². The smallest absolute Gasteiger partial charge is 0.306 e. The molecule has 2 N–H and O–H groups in total. The van der Waals surface area contributed by atoms with Crippen molar-refractivity contribution in [3.63, 3.8) is 0 Å². The molecule has 2 saturated heterocycles. The summed E-state index contributed by atoms with van der Waals surface area (Å²) in [6, 6.07) is 9.86. The lowest BCUT2D eigenvalue weighted by Crippen LogP contribution is -2.41. The molecule has 3 aromatic rings. The van der Waals surface area contributed by atoms with E-state index in [1.807, 2.05) is 35.9 Å². The van der Waals surface area contributed by atoms with Crippen molar-refractivity contribution < 1.29 is 38.1 Å². The highest BCUT2D eigenvalue weighted by Gasteiger charge is 2.43. The summed E-state index contributed by atoms with van der Waals surface area (Å²) in [7, 11) is 5.18. The number of para-hydroxylation sites is 1. The van der Waals surface area contributed by atoms with Gasteiger partial charge in [-0.25, -0.2) is 4.39 Å². The van der Waals surface area contributed by atoms with Crippen molar-refractivity contribution in [3.05, 3.63) is 64.6 Å². The van der Waals surface area contributed by atoms with Gasteiger partial charge in [0.25, 0.3) is 5.91 Å². The van der Waals surface area contributed by atoms with Crippen LogP contribution in [-0.2, 0) is 37.3 Å². The van der Waals surface area contributed by atoms with Crippen LogP contribution in [-0.4, -0.2) is 108 Å². The van der Waals surface area contributed by atoms with Gasteiger partial charge in [0.15, 0.2) is 0 Å². The number of halogens is 2. The van der Waals surface area contributed by atoms with Crippen LogP contribution in [0.2, 0.25) is 5.02 Å². The van der Waals surface area contributed by atoms with Crippen molar-refractivity contribution in [2.75, 3.05) is 45.8 Å². The number of nitrogens with zero attached hydrogens (tertiary/aromatic N) is 3. The summed E-state index contributed by atoms with van der Waals surface area (Å²) in [5.41, 5.74) is 1.58. The Kier molecular flexibility index (Phi) is 10.9. The van der Waals surface area contributed by atoms with Gasteiger partial charge < -0.3 is 34.1 Å². The minimum Gasteiger partial charge on any atom is -0.481 e. The van der Waals surface area contributed by atoms with Crippen LogP contribution in [0, 0.1) is 11.7 Å². The number of aliphatic carboxylic acids is 1. The first-order chi connectivity index (χ1) is 23.6. The summed E-state index contributed by atoms with van der Waals surface area (Å²) in [6.07, 6.45) is 4.41. The monoisotopic (exact) mass is 698 g/mol. The molecule has 11 nitrogen and oxygen atoms in total. The van der Waals surface area contributed by atoms with E-state index in [1.165, 1.54) is 6.07 Å². The second-order valence-corrected chi connectivity index (χ2v) is 13.9. The molecule has 3 heterocycles. The number of likely N-dealkylation sites (tertiary alicyclic amines) is 2. The number of ether oxygens (including phenoxy) is 3. The number of benzene rings is 2. The van der Waals surface area contributed by atoms with Gasteiger partial charge in [-0.05, 0) is 55.9 Å². The fourth-order valence-electron chi connectivity index (χ4n) is 7.66. The van der Waals surface area contributed by atoms with Gasteiger partial charge in [0.2, 0.25) is 5.91 Å². The first kappa shape index (κ1) is 35.3. The summed E-state index contributed by atoms with van der Waals surface area (Å²) >= 11 is 6.56. The van der Waals surface area contributed by atoms with Crippen LogP contribution in [0.25, 0.3) is 10.9 Å². The normalized spacial score (nSPS) is 26.0. The summed E-state index contributed by atoms with van der Waals surface area (Å²) in [5.74, 6) is -2.42. The number of carbonyl (C=O) groups excluding carboxylic acids is 2. The third-order valence-corrected chi connectivity index (χ3v) is 10.8. The number of carboxylic acid groups (broad SMARTS) is 1. The number of fused-ring (bicyclic) bond motifs is 1. The standard InChI is InChI=1S/C36H44ClFN4O7/c1-40-17-27(26-6-4-5-7-31(26)40)35(44)39-30-15-29(38)22(12-28(30)37)13-34(43)42-16-23(41-18-32(47-2)33(19-41)48-3)14-24(42)20-49-25-10-8-21(9-11-25)36(45)46/h4-7,12,15,17,21,23-25,32-33H,8-11,13-14,16,18-20H2,1-3H3,(H,39,44)(H,45,46)/t21?,23-,24-,25?,32-,33-/m0/s1. The fraction of sp³-hybridized carbons (Fsp3) is 0.528. The molecule has 2 aromatic carbocycles. The topological polar surface area (TPSA) is 123 Å². The molecule has 0 radical (unpaired) electrons. The van der Waals surface area contributed by atoms with Crippen molar-refractivity contribution in [2.45, 2.75) is 68.9 Å². The van der Waals surface area contributed by atoms with Gasteiger partial charge in [-0.15, -0.1) is 0 Å². The third kappa shape index (κ3) is 7.63. The van der Waals surface area contributed by atoms with Crippen molar-refractivity contribution in [1.82, 2.24) is 14.4 Å². The van der Waals surface area contributed by atoms with Crippen LogP contribution in [0.5, 0.6) is 0 Å². The molecule has 3 aliphatic rings. The SMILES string of the molecule is CO[C@H]1CN([C@H]2C[C@@H](COC3CCC(C(=O)O)CC3)N(C(=O)Cc3cc(Cl)c(NC(=O)c4cn(C)c5ccccc45)cc3F)C2)C[C@@H]1OC. The van der Waals surface area contributed by atoms with Crippen LogP contribution >= 0.6 is 11.6 Å². The highest BCUT2D eigenvalue weighted by molar-refractivity contribution is 6.34. The van der Waals surface area contributed by atoms with Crippen molar-refractivity contribution in [2.24, 2.45) is 13.0 Å². The van der Waals surface area contributed by atoms with E-state index < -0.39 is 17.7 Å². The van der Waals surface area contributed by atoms with E-state index in [1.54, 1.807) is 25.3 Å². The van der Waals surface area contributed by atoms with E-state index >= 15 is 4.39 Å². The number of methoxy groups -OCH3 is 2. The number of anilines is 1. The fourth-order valence-corrected chi connectivity index (χ4v) is 7.90. The highest BCUT2D eigenvalue weighted by atomic mass is 35.5. The van der Waals surface area contributed by atoms with Crippen molar-refractivity contribution in [1.29, 1.82) is 0 Å². The molecule has 2 amide bonds. The van der Waals surface area contributed by atoms with E-state index in [9.17, 15) is 19.5 Å². The predicted molar refractivity (Wildman–Crippen MR) is 182 cm³/mol. The van der Waals surface area contributed by atoms with Gasteiger partial charge in [0.1, 0.15) is 5.82 Å². The molecule has 0 spiro atoms. The molecule has 6 rings (SSSR count). The summed E-state index contributed by atoms with van der Waals surface area (Å²) < 4.78 is 35.0. The molecule has 3 fully saturated rings. The highest BCUT2D eigenvalue weighted by Crippen LogP contribution is 2.32. The maximum Gasteiger partial charge on any atom is 0.306 e. The van der Waals surface area contributed by atoms with E-state index in [4.69, 9.17) is 25.8 Å². The quantitative estimate of drug-likeness (QED) is 0.295. The second kappa shape index (κ2) is 15.1. The molecule has 1 aliphatic carbocycles. The molecule has 4 atom stereocenters. The van der Waals surface area contributed by atoms with Gasteiger partial charge in [0.05, 0.1) is 59.6 Å². The number of hydrogen-bond donors (Lipinski definition) is 2. The number of nitrogens with one attached hydrogen (secondary N) is 1. The Labute approximate surface area is 290 Å². The first-order valence-electron chi connectivity index (χ1n) is 16.8. The maximum absolute atomic E-state index is 15.6. The van der Waals surface area contributed by atoms with Gasteiger partial charge in [-0.2, -0.15) is 0 Å². The third-order valence-electron chi connectivity index (χ3n) is 10.5. The average Bonchev–Trinajstić information content (AvgIpc) is 3.81. The molecule has 0 bridgehead atoms. The van der Waals surface area contributed by atoms with E-state index in [0.717, 1.165) is 17.0 Å². The van der Waals surface area contributed by atoms with Crippen LogP contribution in [0.4, 0.5) is 10.1 Å². The Morgan fingerprint density at radius 2 is 1.71 bits per heavy atom. The molecule has 13 heteroatoms. The molecule has 1 saturated carbocycles. The van der Waals surface area contributed by atoms with Gasteiger partial charge in [-0.1, -0.05) is 29.8 Å². The minimum absolute atomic E-state index is 0.0400. The number of hydrogen-bond acceptors (Lipinski definition) is 7. The van der Waals surface area contributed by atoms with Gasteiger partial charge >= 0.3 is 5.97 Å². The Bertz CT molecular complexity index is 1680. The summed E-state index contributed by atoms with van der Waals surface area (Å²) in [4.78, 5) is 42.5. The average molecular weight is 699 g/mol. The number of amides is 2. The summed E-state index contributed by atoms with van der Waals surface area (Å²) in [6.45, 7) is 2.09. The second-order valence-electron chi connectivity index (χ2n) is 13.5. The molecule has 49 heavy (non-hydrogen) atoms. The number of aryl methyl sites for hydroxylation is 1. The molecular weight excluding hydrogens is 655 g/mol.